The van der Waals surface area contributed by atoms with Gasteiger partial charge in [0.25, 0.3) is 0 Å². The molecule has 1 heterocycles. The van der Waals surface area contributed by atoms with Crippen LogP contribution in [-0.4, -0.2) is 10.9 Å². The molecule has 1 aromatic rings. The topological polar surface area (TPSA) is 12.9 Å². The Morgan fingerprint density at radius 1 is 1.60 bits per heavy atom. The third-order valence-electron chi connectivity index (χ3n) is 1.32. The van der Waals surface area contributed by atoms with Crippen molar-refractivity contribution in [2.45, 2.75) is 13.3 Å². The molecule has 0 fully saturated rings. The van der Waals surface area contributed by atoms with E-state index in [0.29, 0.717) is 5.88 Å². The molecule has 0 bridgehead atoms. The van der Waals surface area contributed by atoms with Crippen LogP contribution in [0.1, 0.15) is 11.3 Å². The second-order valence-corrected chi connectivity index (χ2v) is 2.64. The quantitative estimate of drug-likeness (QED) is 0.597. The van der Waals surface area contributed by atoms with Crippen molar-refractivity contribution >= 4 is 11.6 Å². The molecule has 1 nitrogen and oxygen atoms in total. The van der Waals surface area contributed by atoms with Crippen molar-refractivity contribution < 1.29 is 0 Å². The summed E-state index contributed by atoms with van der Waals surface area (Å²) in [6, 6.07) is 4.04. The molecule has 0 spiro atoms. The SMILES string of the molecule is Cc1ccnc(CCCl)c1. The minimum Gasteiger partial charge on any atom is -0.261 e. The van der Waals surface area contributed by atoms with Gasteiger partial charge in [0.2, 0.25) is 0 Å². The predicted molar refractivity (Wildman–Crippen MR) is 43.4 cm³/mol. The summed E-state index contributed by atoms with van der Waals surface area (Å²) in [5.41, 5.74) is 2.32. The Balaban J connectivity index is 2.75. The van der Waals surface area contributed by atoms with Gasteiger partial charge in [-0.3, -0.25) is 4.98 Å². The number of nitrogens with zero attached hydrogens (tertiary/aromatic N) is 1. The van der Waals surface area contributed by atoms with Crippen LogP contribution in [-0.2, 0) is 6.42 Å². The zero-order valence-corrected chi connectivity index (χ0v) is 6.73. The highest BCUT2D eigenvalue weighted by Gasteiger charge is 1.91. The van der Waals surface area contributed by atoms with Crippen LogP contribution in [0.2, 0.25) is 0 Å². The van der Waals surface area contributed by atoms with E-state index in [1.54, 1.807) is 0 Å². The zero-order chi connectivity index (χ0) is 7.40. The van der Waals surface area contributed by atoms with Crippen LogP contribution in [0.3, 0.4) is 0 Å². The molecule has 0 aliphatic heterocycles. The monoisotopic (exact) mass is 155 g/mol. The van der Waals surface area contributed by atoms with Crippen LogP contribution in [0.5, 0.6) is 0 Å². The van der Waals surface area contributed by atoms with Gasteiger partial charge < -0.3 is 0 Å². The van der Waals surface area contributed by atoms with Crippen LogP contribution >= 0.6 is 11.6 Å². The Morgan fingerprint density at radius 3 is 3.00 bits per heavy atom. The van der Waals surface area contributed by atoms with Crippen molar-refractivity contribution in [2.75, 3.05) is 5.88 Å². The maximum Gasteiger partial charge on any atom is 0.0418 e. The second kappa shape index (κ2) is 3.57. The molecule has 0 aliphatic carbocycles. The van der Waals surface area contributed by atoms with Gasteiger partial charge in [0.15, 0.2) is 0 Å². The molecule has 2 heteroatoms. The highest BCUT2D eigenvalue weighted by Crippen LogP contribution is 2.00. The fourth-order valence-electron chi connectivity index (χ4n) is 0.832. The number of aromatic nitrogens is 1. The van der Waals surface area contributed by atoms with Gasteiger partial charge >= 0.3 is 0 Å². The first-order chi connectivity index (χ1) is 4.83. The van der Waals surface area contributed by atoms with E-state index in [-0.39, 0.29) is 0 Å². The van der Waals surface area contributed by atoms with Crippen molar-refractivity contribution in [1.29, 1.82) is 0 Å². The number of rotatable bonds is 2. The molecule has 0 amide bonds. The first kappa shape index (κ1) is 7.55. The van der Waals surface area contributed by atoms with E-state index in [9.17, 15) is 0 Å². The van der Waals surface area contributed by atoms with Crippen molar-refractivity contribution in [3.8, 4) is 0 Å². The molecule has 0 N–H and O–H groups in total. The van der Waals surface area contributed by atoms with Crippen LogP contribution in [0.4, 0.5) is 0 Å². The van der Waals surface area contributed by atoms with Crippen molar-refractivity contribution in [3.05, 3.63) is 29.6 Å². The minimum absolute atomic E-state index is 0.649. The Labute approximate surface area is 66.0 Å². The largest absolute Gasteiger partial charge is 0.261 e. The maximum atomic E-state index is 5.55. The van der Waals surface area contributed by atoms with E-state index in [1.165, 1.54) is 5.56 Å². The lowest BCUT2D eigenvalue weighted by atomic mass is 10.2. The molecule has 0 saturated carbocycles. The summed E-state index contributed by atoms with van der Waals surface area (Å²) in [6.07, 6.45) is 2.68. The fourth-order valence-corrected chi connectivity index (χ4v) is 1.03. The van der Waals surface area contributed by atoms with E-state index in [0.717, 1.165) is 12.1 Å². The molecule has 1 aromatic heterocycles. The number of alkyl halides is 1. The summed E-state index contributed by atoms with van der Waals surface area (Å²) in [5.74, 6) is 0.649. The van der Waals surface area contributed by atoms with Gasteiger partial charge in [-0.05, 0) is 24.6 Å². The van der Waals surface area contributed by atoms with Crippen molar-refractivity contribution in [2.24, 2.45) is 0 Å². The third kappa shape index (κ3) is 1.99. The van der Waals surface area contributed by atoms with Crippen LogP contribution in [0, 0.1) is 6.92 Å². The van der Waals surface area contributed by atoms with E-state index < -0.39 is 0 Å². The lowest BCUT2D eigenvalue weighted by Gasteiger charge is -1.96. The van der Waals surface area contributed by atoms with Gasteiger partial charge in [0.1, 0.15) is 0 Å². The minimum atomic E-state index is 0.649. The Morgan fingerprint density at radius 2 is 2.40 bits per heavy atom. The smallest absolute Gasteiger partial charge is 0.0418 e. The molecule has 1 rings (SSSR count). The Bertz CT molecular complexity index is 210. The average molecular weight is 156 g/mol. The fraction of sp³-hybridized carbons (Fsp3) is 0.375. The van der Waals surface area contributed by atoms with Crippen molar-refractivity contribution in [1.82, 2.24) is 4.98 Å². The molecule has 0 aliphatic rings. The molecular formula is C8H10ClN. The number of hydrogen-bond donors (Lipinski definition) is 0. The molecule has 0 unspecified atom stereocenters. The summed E-state index contributed by atoms with van der Waals surface area (Å²) in [7, 11) is 0. The van der Waals surface area contributed by atoms with Gasteiger partial charge in [-0.1, -0.05) is 0 Å². The van der Waals surface area contributed by atoms with E-state index >= 15 is 0 Å². The molecule has 0 atom stereocenters. The Kier molecular flexibility index (Phi) is 2.69. The molecule has 0 aromatic carbocycles. The second-order valence-electron chi connectivity index (χ2n) is 2.26. The Hall–Kier alpha value is -0.560. The highest BCUT2D eigenvalue weighted by atomic mass is 35.5. The zero-order valence-electron chi connectivity index (χ0n) is 5.97. The molecule has 10 heavy (non-hydrogen) atoms. The predicted octanol–water partition coefficient (Wildman–Crippen LogP) is 2.17. The van der Waals surface area contributed by atoms with Crippen LogP contribution < -0.4 is 0 Å². The van der Waals surface area contributed by atoms with E-state index in [2.05, 4.69) is 18.0 Å². The third-order valence-corrected chi connectivity index (χ3v) is 1.51. The summed E-state index contributed by atoms with van der Waals surface area (Å²) in [5, 5.41) is 0. The lowest BCUT2D eigenvalue weighted by molar-refractivity contribution is 1.03. The standard InChI is InChI=1S/C8H10ClN/c1-7-3-5-10-8(6-7)2-4-9/h3,5-6H,2,4H2,1H3. The normalized spacial score (nSPS) is 9.80. The molecule has 0 saturated heterocycles. The lowest BCUT2D eigenvalue weighted by Crippen LogP contribution is -1.90. The summed E-state index contributed by atoms with van der Waals surface area (Å²) >= 11 is 5.55. The van der Waals surface area contributed by atoms with Crippen molar-refractivity contribution in [3.63, 3.8) is 0 Å². The first-order valence-electron chi connectivity index (χ1n) is 3.30. The number of halogens is 1. The maximum absolute atomic E-state index is 5.55. The summed E-state index contributed by atoms with van der Waals surface area (Å²) < 4.78 is 0. The summed E-state index contributed by atoms with van der Waals surface area (Å²) in [4.78, 5) is 4.14. The number of pyridine rings is 1. The highest BCUT2D eigenvalue weighted by molar-refractivity contribution is 6.17. The average Bonchev–Trinajstić information content (AvgIpc) is 1.88. The van der Waals surface area contributed by atoms with Gasteiger partial charge in [0, 0.05) is 24.2 Å². The number of aryl methyl sites for hydroxylation is 2. The molecular weight excluding hydrogens is 146 g/mol. The molecule has 0 radical (unpaired) electrons. The van der Waals surface area contributed by atoms with E-state index in [1.807, 2.05) is 12.3 Å². The molecule has 54 valence electrons. The summed E-state index contributed by atoms with van der Waals surface area (Å²) in [6.45, 7) is 2.05. The number of hydrogen-bond acceptors (Lipinski definition) is 1. The van der Waals surface area contributed by atoms with Gasteiger partial charge in [-0.25, -0.2) is 0 Å². The van der Waals surface area contributed by atoms with Crippen LogP contribution in [0.25, 0.3) is 0 Å². The first-order valence-corrected chi connectivity index (χ1v) is 3.84. The van der Waals surface area contributed by atoms with Crippen LogP contribution in [0.15, 0.2) is 18.3 Å². The van der Waals surface area contributed by atoms with Gasteiger partial charge in [0.05, 0.1) is 0 Å². The van der Waals surface area contributed by atoms with E-state index in [4.69, 9.17) is 11.6 Å². The van der Waals surface area contributed by atoms with Gasteiger partial charge in [-0.2, -0.15) is 0 Å². The van der Waals surface area contributed by atoms with Gasteiger partial charge in [-0.15, -0.1) is 11.6 Å².